The fraction of sp³-hybridized carbons (Fsp3) is 0.875. The molecule has 0 radical (unpaired) electrons. The summed E-state index contributed by atoms with van der Waals surface area (Å²) in [4.78, 5) is 0. The van der Waals surface area contributed by atoms with Gasteiger partial charge in [-0.1, -0.05) is 25.6 Å². The maximum Gasteiger partial charge on any atom is 0.130 e. The van der Waals surface area contributed by atoms with Crippen LogP contribution in [0.2, 0.25) is 0 Å². The zero-order valence-electron chi connectivity index (χ0n) is 7.51. The van der Waals surface area contributed by atoms with E-state index in [0.29, 0.717) is 4.32 Å². The van der Waals surface area contributed by atoms with Crippen LogP contribution in [0.25, 0.3) is 0 Å². The Labute approximate surface area is 90.5 Å². The van der Waals surface area contributed by atoms with E-state index in [2.05, 4.69) is 24.9 Å². The van der Waals surface area contributed by atoms with Crippen molar-refractivity contribution in [3.05, 3.63) is 0 Å². The zero-order chi connectivity index (χ0) is 9.23. The van der Waals surface area contributed by atoms with E-state index in [-0.39, 0.29) is 0 Å². The van der Waals surface area contributed by atoms with Crippen LogP contribution in [0, 0.1) is 0 Å². The Morgan fingerprint density at radius 1 is 1.42 bits per heavy atom. The van der Waals surface area contributed by atoms with Crippen molar-refractivity contribution in [1.82, 2.24) is 5.32 Å². The molecular weight excluding hydrogens is 206 g/mol. The van der Waals surface area contributed by atoms with Gasteiger partial charge in [-0.05, 0) is 24.3 Å². The lowest BCUT2D eigenvalue weighted by Gasteiger charge is -2.02. The van der Waals surface area contributed by atoms with Crippen LogP contribution in [0.15, 0.2) is 0 Å². The molecule has 1 nitrogen and oxygen atoms in total. The lowest BCUT2D eigenvalue weighted by atomic mass is 10.4. The molecule has 72 valence electrons. The van der Waals surface area contributed by atoms with E-state index in [4.69, 9.17) is 12.2 Å². The number of unbranched alkanes of at least 4 members (excludes halogenated alkanes) is 1. The summed E-state index contributed by atoms with van der Waals surface area (Å²) in [5.41, 5.74) is 0. The minimum atomic E-state index is 0.605. The Morgan fingerprint density at radius 3 is 2.67 bits per heavy atom. The molecule has 0 amide bonds. The molecule has 12 heavy (non-hydrogen) atoms. The van der Waals surface area contributed by atoms with Crippen LogP contribution >= 0.6 is 36.6 Å². The molecule has 0 aliphatic rings. The molecule has 1 N–H and O–H groups in total. The average molecular weight is 223 g/mol. The Kier molecular flexibility index (Phi) is 10.2. The van der Waals surface area contributed by atoms with Crippen molar-refractivity contribution in [3.8, 4) is 0 Å². The van der Waals surface area contributed by atoms with Gasteiger partial charge in [-0.25, -0.2) is 0 Å². The lowest BCUT2D eigenvalue weighted by Crippen LogP contribution is -2.17. The van der Waals surface area contributed by atoms with E-state index < -0.39 is 0 Å². The summed E-state index contributed by atoms with van der Waals surface area (Å²) in [5.74, 6) is 2.52. The average Bonchev–Trinajstić information content (AvgIpc) is 2.02. The molecule has 0 spiro atoms. The minimum Gasteiger partial charge on any atom is -0.371 e. The third-order valence-electron chi connectivity index (χ3n) is 1.38. The molecule has 0 heterocycles. The first-order chi connectivity index (χ1) is 5.77. The quantitative estimate of drug-likeness (QED) is 0.391. The highest BCUT2D eigenvalue weighted by molar-refractivity contribution is 8.11. The summed E-state index contributed by atoms with van der Waals surface area (Å²) in [6.45, 7) is 3.18. The molecule has 0 bridgehead atoms. The number of nitrogens with one attached hydrogen (secondary N) is 1. The van der Waals surface area contributed by atoms with E-state index in [1.807, 2.05) is 11.8 Å². The van der Waals surface area contributed by atoms with E-state index in [1.54, 1.807) is 0 Å². The summed E-state index contributed by atoms with van der Waals surface area (Å²) < 4.78 is 0.605. The summed E-state index contributed by atoms with van der Waals surface area (Å²) in [6.07, 6.45) is 3.81. The number of thiocarbonyl (C=S) groups is 1. The highest BCUT2D eigenvalue weighted by Crippen LogP contribution is 2.05. The molecule has 0 aliphatic carbocycles. The fourth-order valence-corrected chi connectivity index (χ4v) is 1.98. The van der Waals surface area contributed by atoms with Gasteiger partial charge in [-0.3, -0.25) is 0 Å². The largest absolute Gasteiger partial charge is 0.371 e. The highest BCUT2D eigenvalue weighted by atomic mass is 32.2. The SMILES string of the molecule is CCCCSCCCNC(=S)S. The number of thioether (sulfide) groups is 1. The molecule has 0 aromatic heterocycles. The van der Waals surface area contributed by atoms with Crippen molar-refractivity contribution in [3.63, 3.8) is 0 Å². The first-order valence-corrected chi connectivity index (χ1v) is 6.33. The maximum atomic E-state index is 4.76. The van der Waals surface area contributed by atoms with E-state index in [1.165, 1.54) is 30.8 Å². The van der Waals surface area contributed by atoms with Gasteiger partial charge in [0.1, 0.15) is 4.32 Å². The van der Waals surface area contributed by atoms with E-state index >= 15 is 0 Å². The van der Waals surface area contributed by atoms with Gasteiger partial charge in [-0.2, -0.15) is 11.8 Å². The van der Waals surface area contributed by atoms with Crippen LogP contribution in [0.4, 0.5) is 0 Å². The Morgan fingerprint density at radius 2 is 2.08 bits per heavy atom. The molecule has 0 unspecified atom stereocenters. The summed E-state index contributed by atoms with van der Waals surface area (Å²) in [7, 11) is 0. The molecule has 0 saturated carbocycles. The standard InChI is InChI=1S/C8H17NS3/c1-2-3-6-12-7-4-5-9-8(10)11/h2-7H2,1H3,(H2,9,10,11). The highest BCUT2D eigenvalue weighted by Gasteiger charge is 1.90. The number of hydrogen-bond acceptors (Lipinski definition) is 2. The number of thiol groups is 1. The van der Waals surface area contributed by atoms with Gasteiger partial charge >= 0.3 is 0 Å². The molecule has 0 fully saturated rings. The summed E-state index contributed by atoms with van der Waals surface area (Å²) >= 11 is 10.8. The molecule has 4 heteroatoms. The van der Waals surface area contributed by atoms with Crippen LogP contribution < -0.4 is 5.32 Å². The van der Waals surface area contributed by atoms with E-state index in [0.717, 1.165) is 6.54 Å². The van der Waals surface area contributed by atoms with Gasteiger partial charge in [0.25, 0.3) is 0 Å². The minimum absolute atomic E-state index is 0.605. The Bertz CT molecular complexity index is 117. The second-order valence-corrected chi connectivity index (χ2v) is 4.93. The van der Waals surface area contributed by atoms with Crippen molar-refractivity contribution < 1.29 is 0 Å². The van der Waals surface area contributed by atoms with Crippen molar-refractivity contribution >= 4 is 40.9 Å². The van der Waals surface area contributed by atoms with Gasteiger partial charge in [0.15, 0.2) is 0 Å². The lowest BCUT2D eigenvalue weighted by molar-refractivity contribution is 0.857. The molecular formula is C8H17NS3. The Hall–Kier alpha value is 0.590. The molecule has 0 rings (SSSR count). The number of rotatable bonds is 7. The number of hydrogen-bond donors (Lipinski definition) is 2. The predicted molar refractivity (Wildman–Crippen MR) is 66.4 cm³/mol. The zero-order valence-corrected chi connectivity index (χ0v) is 10.0. The fourth-order valence-electron chi connectivity index (χ4n) is 0.718. The molecule has 0 aromatic carbocycles. The van der Waals surface area contributed by atoms with Gasteiger partial charge in [0.2, 0.25) is 0 Å². The summed E-state index contributed by atoms with van der Waals surface area (Å²) in [6, 6.07) is 0. The van der Waals surface area contributed by atoms with Crippen molar-refractivity contribution in [2.75, 3.05) is 18.1 Å². The van der Waals surface area contributed by atoms with Crippen molar-refractivity contribution in [2.24, 2.45) is 0 Å². The monoisotopic (exact) mass is 223 g/mol. The van der Waals surface area contributed by atoms with Crippen molar-refractivity contribution in [1.29, 1.82) is 0 Å². The molecule has 0 atom stereocenters. The first-order valence-electron chi connectivity index (χ1n) is 4.32. The smallest absolute Gasteiger partial charge is 0.130 e. The van der Waals surface area contributed by atoms with E-state index in [9.17, 15) is 0 Å². The van der Waals surface area contributed by atoms with Gasteiger partial charge in [0.05, 0.1) is 0 Å². The van der Waals surface area contributed by atoms with Gasteiger partial charge < -0.3 is 5.32 Å². The third kappa shape index (κ3) is 10.6. The van der Waals surface area contributed by atoms with Gasteiger partial charge in [-0.15, -0.1) is 12.6 Å². The molecule has 0 aromatic rings. The summed E-state index contributed by atoms with van der Waals surface area (Å²) in [5, 5.41) is 3.02. The van der Waals surface area contributed by atoms with Crippen LogP contribution in [-0.2, 0) is 0 Å². The van der Waals surface area contributed by atoms with Crippen LogP contribution in [0.3, 0.4) is 0 Å². The van der Waals surface area contributed by atoms with Crippen LogP contribution in [0.1, 0.15) is 26.2 Å². The van der Waals surface area contributed by atoms with Crippen LogP contribution in [-0.4, -0.2) is 22.4 Å². The Balaban J connectivity index is 2.86. The topological polar surface area (TPSA) is 12.0 Å². The molecule has 0 saturated heterocycles. The second-order valence-electron chi connectivity index (χ2n) is 2.55. The molecule has 0 aliphatic heterocycles. The van der Waals surface area contributed by atoms with Gasteiger partial charge in [0, 0.05) is 6.54 Å². The first kappa shape index (κ1) is 12.6. The second kappa shape index (κ2) is 9.68. The maximum absolute atomic E-state index is 4.76. The third-order valence-corrected chi connectivity index (χ3v) is 2.84. The predicted octanol–water partition coefficient (Wildman–Crippen LogP) is 2.71. The van der Waals surface area contributed by atoms with Crippen LogP contribution in [0.5, 0.6) is 0 Å². The normalized spacial score (nSPS) is 9.83. The van der Waals surface area contributed by atoms with Crippen molar-refractivity contribution in [2.45, 2.75) is 26.2 Å².